The number of thioether (sulfide) groups is 1. The number of aryl methyl sites for hydroxylation is 1. The van der Waals surface area contributed by atoms with E-state index in [-0.39, 0.29) is 23.6 Å². The number of carbonyl (C=O) groups is 2. The summed E-state index contributed by atoms with van der Waals surface area (Å²) in [6.07, 6.45) is 0. The molecule has 0 aliphatic rings. The van der Waals surface area contributed by atoms with E-state index >= 15 is 0 Å². The number of nitrogens with zero attached hydrogens (tertiary/aromatic N) is 4. The summed E-state index contributed by atoms with van der Waals surface area (Å²) in [5, 5.41) is 17.2. The van der Waals surface area contributed by atoms with Gasteiger partial charge in [0.1, 0.15) is 0 Å². The van der Waals surface area contributed by atoms with Crippen molar-refractivity contribution in [1.29, 1.82) is 0 Å². The van der Waals surface area contributed by atoms with Gasteiger partial charge in [-0.15, -0.1) is 21.5 Å². The zero-order valence-electron chi connectivity index (χ0n) is 19.0. The van der Waals surface area contributed by atoms with E-state index < -0.39 is 0 Å². The van der Waals surface area contributed by atoms with Gasteiger partial charge in [0.25, 0.3) is 5.91 Å². The molecular weight excluding hydrogens is 468 g/mol. The van der Waals surface area contributed by atoms with Gasteiger partial charge in [0.05, 0.1) is 17.5 Å². The summed E-state index contributed by atoms with van der Waals surface area (Å²) < 4.78 is 1.79. The van der Waals surface area contributed by atoms with Gasteiger partial charge in [-0.25, -0.2) is 4.98 Å². The van der Waals surface area contributed by atoms with Crippen LogP contribution in [0.4, 0.5) is 5.13 Å². The van der Waals surface area contributed by atoms with Crippen molar-refractivity contribution < 1.29 is 9.59 Å². The molecule has 34 heavy (non-hydrogen) atoms. The normalized spacial score (nSPS) is 11.7. The molecule has 2 aromatic heterocycles. The molecule has 2 heterocycles. The molecule has 2 amide bonds. The molecule has 4 aromatic rings. The molecule has 0 aliphatic carbocycles. The lowest BCUT2D eigenvalue weighted by Crippen LogP contribution is -2.28. The van der Waals surface area contributed by atoms with Gasteiger partial charge < -0.3 is 15.2 Å². The maximum Gasteiger partial charge on any atom is 0.251 e. The first kappa shape index (κ1) is 23.7. The van der Waals surface area contributed by atoms with E-state index in [1.807, 2.05) is 68.7 Å². The topological polar surface area (TPSA) is 102 Å². The number of benzene rings is 2. The Morgan fingerprint density at radius 2 is 1.82 bits per heavy atom. The Morgan fingerprint density at radius 1 is 1.09 bits per heavy atom. The zero-order valence-corrected chi connectivity index (χ0v) is 20.6. The van der Waals surface area contributed by atoms with E-state index in [9.17, 15) is 9.59 Å². The number of rotatable bonds is 8. The Morgan fingerprint density at radius 3 is 2.56 bits per heavy atom. The van der Waals surface area contributed by atoms with Crippen LogP contribution in [0.25, 0.3) is 11.3 Å². The van der Waals surface area contributed by atoms with Crippen molar-refractivity contribution in [1.82, 2.24) is 25.1 Å². The lowest BCUT2D eigenvalue weighted by atomic mass is 10.1. The highest BCUT2D eigenvalue weighted by atomic mass is 32.2. The van der Waals surface area contributed by atoms with Crippen molar-refractivity contribution in [3.8, 4) is 11.3 Å². The van der Waals surface area contributed by atoms with Gasteiger partial charge in [-0.3, -0.25) is 9.59 Å². The van der Waals surface area contributed by atoms with Gasteiger partial charge in [-0.05, 0) is 26.0 Å². The summed E-state index contributed by atoms with van der Waals surface area (Å²) in [4.78, 5) is 29.4. The van der Waals surface area contributed by atoms with Gasteiger partial charge >= 0.3 is 0 Å². The largest absolute Gasteiger partial charge is 0.342 e. The number of nitrogens with one attached hydrogen (secondary N) is 2. The van der Waals surface area contributed by atoms with Crippen LogP contribution in [0.3, 0.4) is 0 Å². The van der Waals surface area contributed by atoms with Gasteiger partial charge in [-0.2, -0.15) is 0 Å². The van der Waals surface area contributed by atoms with Crippen molar-refractivity contribution in [2.45, 2.75) is 25.0 Å². The minimum Gasteiger partial charge on any atom is -0.342 e. The second-order valence-electron chi connectivity index (χ2n) is 7.70. The summed E-state index contributed by atoms with van der Waals surface area (Å²) in [5.41, 5.74) is 3.51. The second-order valence-corrected chi connectivity index (χ2v) is 9.50. The molecule has 0 aliphatic heterocycles. The molecule has 0 radical (unpaired) electrons. The first-order valence-corrected chi connectivity index (χ1v) is 12.5. The summed E-state index contributed by atoms with van der Waals surface area (Å²) in [6, 6.07) is 16.8. The number of carbonyl (C=O) groups excluding carboxylic acids is 2. The van der Waals surface area contributed by atoms with E-state index in [1.165, 1.54) is 23.1 Å². The van der Waals surface area contributed by atoms with Gasteiger partial charge in [-0.1, -0.05) is 59.8 Å². The molecule has 0 saturated heterocycles. The molecule has 2 N–H and O–H groups in total. The van der Waals surface area contributed by atoms with Crippen LogP contribution in [-0.2, 0) is 11.8 Å². The highest BCUT2D eigenvalue weighted by molar-refractivity contribution is 7.99. The number of amides is 2. The van der Waals surface area contributed by atoms with E-state index in [1.54, 1.807) is 16.7 Å². The molecule has 2 aromatic carbocycles. The quantitative estimate of drug-likeness (QED) is 0.352. The molecule has 0 fully saturated rings. The fourth-order valence-electron chi connectivity index (χ4n) is 3.24. The third-order valence-corrected chi connectivity index (χ3v) is 6.85. The Balaban J connectivity index is 1.31. The van der Waals surface area contributed by atoms with E-state index in [0.717, 1.165) is 16.8 Å². The van der Waals surface area contributed by atoms with E-state index in [4.69, 9.17) is 0 Å². The average molecular weight is 493 g/mol. The molecule has 10 heteroatoms. The van der Waals surface area contributed by atoms with Gasteiger partial charge in [0, 0.05) is 23.6 Å². The summed E-state index contributed by atoms with van der Waals surface area (Å²) >= 11 is 2.66. The zero-order chi connectivity index (χ0) is 24.1. The van der Waals surface area contributed by atoms with Gasteiger partial charge in [0.15, 0.2) is 16.1 Å². The number of anilines is 1. The lowest BCUT2D eigenvalue weighted by Gasteiger charge is -2.13. The summed E-state index contributed by atoms with van der Waals surface area (Å²) in [7, 11) is 1.82. The van der Waals surface area contributed by atoms with Crippen LogP contribution in [0.5, 0.6) is 0 Å². The molecule has 0 unspecified atom stereocenters. The predicted octanol–water partition coefficient (Wildman–Crippen LogP) is 4.47. The number of aromatic nitrogens is 4. The monoisotopic (exact) mass is 492 g/mol. The Hall–Kier alpha value is -3.50. The first-order chi connectivity index (χ1) is 16.4. The molecule has 174 valence electrons. The maximum atomic E-state index is 12.5. The SMILES string of the molecule is Cc1ccc(C(=O)N[C@@H](C)c2nnc(SCC(=O)Nc3nc(-c4ccccc4)cs3)n2C)cc1. The minimum atomic E-state index is -0.346. The molecule has 1 atom stereocenters. The van der Waals surface area contributed by atoms with Crippen LogP contribution >= 0.6 is 23.1 Å². The van der Waals surface area contributed by atoms with Crippen LogP contribution < -0.4 is 10.6 Å². The van der Waals surface area contributed by atoms with Crippen molar-refractivity contribution in [2.75, 3.05) is 11.1 Å². The Labute approximate surface area is 205 Å². The van der Waals surface area contributed by atoms with Crippen LogP contribution in [0.1, 0.15) is 34.7 Å². The van der Waals surface area contributed by atoms with E-state index in [2.05, 4.69) is 25.8 Å². The average Bonchev–Trinajstić information content (AvgIpc) is 3.45. The molecular formula is C24H24N6O2S2. The fraction of sp³-hybridized carbons (Fsp3) is 0.208. The summed E-state index contributed by atoms with van der Waals surface area (Å²) in [5.74, 6) is 0.415. The minimum absolute atomic E-state index is 0.163. The molecule has 0 spiro atoms. The van der Waals surface area contributed by atoms with Crippen molar-refractivity contribution in [2.24, 2.45) is 7.05 Å². The highest BCUT2D eigenvalue weighted by Crippen LogP contribution is 2.25. The number of thiazole rings is 1. The van der Waals surface area contributed by atoms with E-state index in [0.29, 0.717) is 21.7 Å². The fourth-order valence-corrected chi connectivity index (χ4v) is 4.69. The van der Waals surface area contributed by atoms with Crippen LogP contribution in [0.15, 0.2) is 65.1 Å². The van der Waals surface area contributed by atoms with Crippen molar-refractivity contribution in [3.05, 3.63) is 76.9 Å². The van der Waals surface area contributed by atoms with Crippen LogP contribution in [0.2, 0.25) is 0 Å². The van der Waals surface area contributed by atoms with Crippen LogP contribution in [0, 0.1) is 6.92 Å². The first-order valence-electron chi connectivity index (χ1n) is 10.6. The van der Waals surface area contributed by atoms with Crippen molar-refractivity contribution >= 4 is 40.0 Å². The molecule has 0 saturated carbocycles. The number of hydrogen-bond donors (Lipinski definition) is 2. The Bertz CT molecular complexity index is 1280. The van der Waals surface area contributed by atoms with Crippen molar-refractivity contribution in [3.63, 3.8) is 0 Å². The van der Waals surface area contributed by atoms with Gasteiger partial charge in [0.2, 0.25) is 5.91 Å². The second kappa shape index (κ2) is 10.6. The molecule has 8 nitrogen and oxygen atoms in total. The standard InChI is InChI=1S/C24H24N6O2S2/c1-15-9-11-18(12-10-15)22(32)25-16(2)21-28-29-24(30(21)3)34-14-20(31)27-23-26-19(13-33-23)17-7-5-4-6-8-17/h4-13,16H,14H2,1-3H3,(H,25,32)(H,26,27,31)/t16-/m0/s1. The Kier molecular flexibility index (Phi) is 7.39. The predicted molar refractivity (Wildman–Crippen MR) is 135 cm³/mol. The summed E-state index contributed by atoms with van der Waals surface area (Å²) in [6.45, 7) is 3.83. The lowest BCUT2D eigenvalue weighted by molar-refractivity contribution is -0.113. The maximum absolute atomic E-state index is 12.5. The molecule has 0 bridgehead atoms. The third kappa shape index (κ3) is 5.70. The third-order valence-electron chi connectivity index (χ3n) is 5.07. The van der Waals surface area contributed by atoms with Crippen LogP contribution in [-0.4, -0.2) is 37.3 Å². The number of hydrogen-bond acceptors (Lipinski definition) is 7. The smallest absolute Gasteiger partial charge is 0.251 e. The molecule has 4 rings (SSSR count). The highest BCUT2D eigenvalue weighted by Gasteiger charge is 2.19.